The predicted molar refractivity (Wildman–Crippen MR) is 83.0 cm³/mol. The number of amides is 1. The van der Waals surface area contributed by atoms with E-state index in [4.69, 9.17) is 0 Å². The van der Waals surface area contributed by atoms with Crippen LogP contribution in [-0.4, -0.2) is 47.5 Å². The van der Waals surface area contributed by atoms with E-state index in [0.29, 0.717) is 6.54 Å². The summed E-state index contributed by atoms with van der Waals surface area (Å²) in [5.74, 6) is 1.80. The lowest BCUT2D eigenvalue weighted by atomic mass is 9.89. The van der Waals surface area contributed by atoms with Crippen molar-refractivity contribution >= 4 is 11.7 Å². The molecule has 6 nitrogen and oxygen atoms in total. The smallest absolute Gasteiger partial charge is 0.227 e. The van der Waals surface area contributed by atoms with Gasteiger partial charge in [-0.3, -0.25) is 9.69 Å². The highest BCUT2D eigenvalue weighted by Gasteiger charge is 2.39. The fourth-order valence-corrected chi connectivity index (χ4v) is 2.85. The topological polar surface area (TPSA) is 70.2 Å². The van der Waals surface area contributed by atoms with Crippen molar-refractivity contribution in [3.63, 3.8) is 0 Å². The van der Waals surface area contributed by atoms with Crippen LogP contribution in [0.5, 0.6) is 0 Å². The minimum Gasteiger partial charge on any atom is -0.370 e. The molecule has 2 rings (SSSR count). The summed E-state index contributed by atoms with van der Waals surface area (Å²) in [5.41, 5.74) is 0.660. The van der Waals surface area contributed by atoms with E-state index in [1.165, 1.54) is 0 Å². The predicted octanol–water partition coefficient (Wildman–Crippen LogP) is 1.17. The minimum absolute atomic E-state index is 0.114. The van der Waals surface area contributed by atoms with Gasteiger partial charge in [-0.05, 0) is 33.7 Å². The number of nitrogens with one attached hydrogen (secondary N) is 2. The van der Waals surface area contributed by atoms with Crippen molar-refractivity contribution in [3.8, 4) is 0 Å². The molecule has 1 unspecified atom stereocenters. The Labute approximate surface area is 126 Å². The fourth-order valence-electron chi connectivity index (χ4n) is 2.85. The highest BCUT2D eigenvalue weighted by atomic mass is 16.2. The minimum atomic E-state index is -0.303. The van der Waals surface area contributed by atoms with Crippen LogP contribution in [0.3, 0.4) is 0 Å². The van der Waals surface area contributed by atoms with Gasteiger partial charge in [0.2, 0.25) is 5.91 Å². The van der Waals surface area contributed by atoms with E-state index in [9.17, 15) is 4.79 Å². The molecule has 1 aliphatic rings. The van der Waals surface area contributed by atoms with Crippen LogP contribution in [0, 0.1) is 12.3 Å². The van der Waals surface area contributed by atoms with Crippen LogP contribution in [0.4, 0.5) is 5.82 Å². The summed E-state index contributed by atoms with van der Waals surface area (Å²) in [6, 6.07) is 1.95. The van der Waals surface area contributed by atoms with Gasteiger partial charge >= 0.3 is 0 Å². The maximum atomic E-state index is 11.9. The van der Waals surface area contributed by atoms with E-state index < -0.39 is 0 Å². The summed E-state index contributed by atoms with van der Waals surface area (Å²) in [4.78, 5) is 23.2. The van der Waals surface area contributed by atoms with Crippen LogP contribution >= 0.6 is 0 Å². The number of carbonyl (C=O) groups excluding carboxylic acids is 1. The molecule has 0 bridgehead atoms. The molecule has 1 aromatic rings. The zero-order valence-corrected chi connectivity index (χ0v) is 13.4. The lowest BCUT2D eigenvalue weighted by Gasteiger charge is -2.22. The Balaban J connectivity index is 2.05. The van der Waals surface area contributed by atoms with Crippen LogP contribution < -0.4 is 10.6 Å². The average Bonchev–Trinajstić information content (AvgIpc) is 2.80. The van der Waals surface area contributed by atoms with Gasteiger partial charge in [-0.25, -0.2) is 9.97 Å². The third-order valence-electron chi connectivity index (χ3n) is 3.95. The van der Waals surface area contributed by atoms with Crippen molar-refractivity contribution in [2.24, 2.45) is 5.41 Å². The van der Waals surface area contributed by atoms with E-state index in [-0.39, 0.29) is 11.3 Å². The summed E-state index contributed by atoms with van der Waals surface area (Å²) in [5, 5.41) is 5.98. The Hall–Kier alpha value is -1.69. The summed E-state index contributed by atoms with van der Waals surface area (Å²) in [6.07, 6.45) is 0.874. The van der Waals surface area contributed by atoms with Gasteiger partial charge in [0.15, 0.2) is 0 Å². The molecule has 0 aromatic carbocycles. The molecule has 2 N–H and O–H groups in total. The number of aromatic nitrogens is 2. The number of carbonyl (C=O) groups is 1. The summed E-state index contributed by atoms with van der Waals surface area (Å²) in [7, 11) is 1.70. The lowest BCUT2D eigenvalue weighted by molar-refractivity contribution is -0.129. The second-order valence-electron chi connectivity index (χ2n) is 5.94. The molecule has 0 aliphatic carbocycles. The molecule has 1 fully saturated rings. The molecule has 1 saturated heterocycles. The highest BCUT2D eigenvalue weighted by molar-refractivity contribution is 5.82. The van der Waals surface area contributed by atoms with Gasteiger partial charge in [0, 0.05) is 31.9 Å². The lowest BCUT2D eigenvalue weighted by Crippen LogP contribution is -2.39. The molecule has 0 saturated carbocycles. The summed E-state index contributed by atoms with van der Waals surface area (Å²) < 4.78 is 0. The molecule has 6 heteroatoms. The first-order valence-corrected chi connectivity index (χ1v) is 7.50. The fraction of sp³-hybridized carbons (Fsp3) is 0.667. The quantitative estimate of drug-likeness (QED) is 0.852. The Morgan fingerprint density at radius 3 is 2.90 bits per heavy atom. The Kier molecular flexibility index (Phi) is 4.77. The van der Waals surface area contributed by atoms with E-state index in [1.807, 2.05) is 26.8 Å². The van der Waals surface area contributed by atoms with E-state index >= 15 is 0 Å². The Morgan fingerprint density at radius 2 is 2.24 bits per heavy atom. The van der Waals surface area contributed by atoms with Gasteiger partial charge in [0.05, 0.1) is 12.0 Å². The van der Waals surface area contributed by atoms with Crippen molar-refractivity contribution in [1.29, 1.82) is 0 Å². The maximum Gasteiger partial charge on any atom is 0.227 e. The largest absolute Gasteiger partial charge is 0.370 e. The molecule has 1 amide bonds. The van der Waals surface area contributed by atoms with Crippen LogP contribution in [-0.2, 0) is 11.3 Å². The number of anilines is 1. The standard InChI is InChI=1S/C15H25N5O/c1-5-17-12-8-11(2)18-13(19-12)9-20-7-6-15(3,10-20)14(21)16-4/h8H,5-7,9-10H2,1-4H3,(H,16,21)(H,17,18,19). The van der Waals surface area contributed by atoms with Gasteiger partial charge < -0.3 is 10.6 Å². The molecule has 1 aromatic heterocycles. The molecular weight excluding hydrogens is 266 g/mol. The molecule has 2 heterocycles. The number of likely N-dealkylation sites (tertiary alicyclic amines) is 1. The summed E-state index contributed by atoms with van der Waals surface area (Å²) in [6.45, 7) is 9.23. The van der Waals surface area contributed by atoms with E-state index in [0.717, 1.165) is 43.4 Å². The van der Waals surface area contributed by atoms with Crippen LogP contribution in [0.15, 0.2) is 6.07 Å². The summed E-state index contributed by atoms with van der Waals surface area (Å²) >= 11 is 0. The third-order valence-corrected chi connectivity index (χ3v) is 3.95. The molecule has 1 aliphatic heterocycles. The number of nitrogens with zero attached hydrogens (tertiary/aromatic N) is 3. The number of hydrogen-bond donors (Lipinski definition) is 2. The van der Waals surface area contributed by atoms with Crippen molar-refractivity contribution in [2.45, 2.75) is 33.7 Å². The third kappa shape index (κ3) is 3.69. The van der Waals surface area contributed by atoms with Gasteiger partial charge in [-0.2, -0.15) is 0 Å². The molecule has 0 spiro atoms. The van der Waals surface area contributed by atoms with Crippen LogP contribution in [0.2, 0.25) is 0 Å². The molecular formula is C15H25N5O. The van der Waals surface area contributed by atoms with E-state index in [1.54, 1.807) is 7.05 Å². The second-order valence-corrected chi connectivity index (χ2v) is 5.94. The number of hydrogen-bond acceptors (Lipinski definition) is 5. The van der Waals surface area contributed by atoms with Gasteiger partial charge in [0.25, 0.3) is 0 Å². The average molecular weight is 291 g/mol. The van der Waals surface area contributed by atoms with Gasteiger partial charge in [-0.1, -0.05) is 0 Å². The van der Waals surface area contributed by atoms with Crippen LogP contribution in [0.25, 0.3) is 0 Å². The molecule has 0 radical (unpaired) electrons. The van der Waals surface area contributed by atoms with Gasteiger partial charge in [0.1, 0.15) is 11.6 Å². The monoisotopic (exact) mass is 291 g/mol. The number of rotatable bonds is 5. The highest BCUT2D eigenvalue weighted by Crippen LogP contribution is 2.30. The molecule has 21 heavy (non-hydrogen) atoms. The van der Waals surface area contributed by atoms with Crippen molar-refractivity contribution in [2.75, 3.05) is 32.0 Å². The first-order chi connectivity index (χ1) is 9.96. The SMILES string of the molecule is CCNc1cc(C)nc(CN2CCC(C)(C(=O)NC)C2)n1. The van der Waals surface area contributed by atoms with Crippen LogP contribution in [0.1, 0.15) is 31.8 Å². The molecule has 116 valence electrons. The second kappa shape index (κ2) is 6.39. The van der Waals surface area contributed by atoms with E-state index in [2.05, 4.69) is 25.5 Å². The normalized spacial score (nSPS) is 22.3. The van der Waals surface area contributed by atoms with Crippen molar-refractivity contribution in [3.05, 3.63) is 17.6 Å². The Morgan fingerprint density at radius 1 is 1.48 bits per heavy atom. The first kappa shape index (κ1) is 15.7. The van der Waals surface area contributed by atoms with Crippen molar-refractivity contribution in [1.82, 2.24) is 20.2 Å². The zero-order chi connectivity index (χ0) is 15.5. The first-order valence-electron chi connectivity index (χ1n) is 7.50. The Bertz CT molecular complexity index is 519. The van der Waals surface area contributed by atoms with Gasteiger partial charge in [-0.15, -0.1) is 0 Å². The maximum absolute atomic E-state index is 11.9. The van der Waals surface area contributed by atoms with Crippen molar-refractivity contribution < 1.29 is 4.79 Å². The number of aryl methyl sites for hydroxylation is 1. The zero-order valence-electron chi connectivity index (χ0n) is 13.4. The molecule has 1 atom stereocenters.